The molecule has 5 heteroatoms. The van der Waals surface area contributed by atoms with Crippen molar-refractivity contribution >= 4 is 23.6 Å². The molecule has 1 aromatic carbocycles. The molecule has 0 unspecified atom stereocenters. The lowest BCUT2D eigenvalue weighted by molar-refractivity contribution is -0.142. The first kappa shape index (κ1) is 15.9. The predicted octanol–water partition coefficient (Wildman–Crippen LogP) is 2.00. The van der Waals surface area contributed by atoms with Gasteiger partial charge in [0, 0.05) is 25.8 Å². The molecule has 1 fully saturated rings. The van der Waals surface area contributed by atoms with Gasteiger partial charge in [-0.25, -0.2) is 0 Å². The van der Waals surface area contributed by atoms with E-state index in [4.69, 9.17) is 0 Å². The van der Waals surface area contributed by atoms with Crippen molar-refractivity contribution in [3.05, 3.63) is 35.9 Å². The first-order valence-corrected chi connectivity index (χ1v) is 8.45. The molecule has 1 atom stereocenters. The summed E-state index contributed by atoms with van der Waals surface area (Å²) in [6.07, 6.45) is 1.29. The molecule has 1 saturated heterocycles. The highest BCUT2D eigenvalue weighted by Crippen LogP contribution is 2.23. The van der Waals surface area contributed by atoms with Crippen molar-refractivity contribution in [1.82, 2.24) is 9.80 Å². The van der Waals surface area contributed by atoms with E-state index in [1.807, 2.05) is 32.2 Å². The van der Waals surface area contributed by atoms with Gasteiger partial charge in [0.05, 0.1) is 5.88 Å². The molecule has 2 rings (SSSR count). The van der Waals surface area contributed by atoms with Crippen LogP contribution in [0.1, 0.15) is 18.9 Å². The van der Waals surface area contributed by atoms with Crippen molar-refractivity contribution in [1.29, 1.82) is 0 Å². The number of amides is 2. The zero-order valence-corrected chi connectivity index (χ0v) is 13.4. The lowest BCUT2D eigenvalue weighted by Gasteiger charge is -2.27. The Bertz CT molecular complexity index is 492. The maximum absolute atomic E-state index is 12.5. The summed E-state index contributed by atoms with van der Waals surface area (Å²) in [5.41, 5.74) is 1.22. The molecule has 0 radical (unpaired) electrons. The average Bonchev–Trinajstić information content (AvgIpc) is 3.01. The number of carbonyl (C=O) groups excluding carboxylic acids is 2. The van der Waals surface area contributed by atoms with Gasteiger partial charge in [-0.3, -0.25) is 9.59 Å². The summed E-state index contributed by atoms with van der Waals surface area (Å²) in [7, 11) is 1.82. The Balaban J connectivity index is 1.91. The lowest BCUT2D eigenvalue weighted by Crippen LogP contribution is -2.48. The van der Waals surface area contributed by atoms with E-state index < -0.39 is 0 Å². The second-order valence-electron chi connectivity index (χ2n) is 5.23. The van der Waals surface area contributed by atoms with Crippen molar-refractivity contribution < 1.29 is 9.59 Å². The third-order valence-electron chi connectivity index (χ3n) is 3.75. The Hall–Kier alpha value is -1.49. The smallest absolute Gasteiger partial charge is 0.246 e. The molecule has 0 spiro atoms. The molecular formula is C16H22N2O2S. The van der Waals surface area contributed by atoms with E-state index in [-0.39, 0.29) is 17.9 Å². The molecule has 1 aromatic rings. The van der Waals surface area contributed by atoms with Gasteiger partial charge in [0.2, 0.25) is 11.8 Å². The van der Waals surface area contributed by atoms with E-state index in [1.165, 1.54) is 5.56 Å². The molecule has 0 saturated carbocycles. The highest BCUT2D eigenvalue weighted by molar-refractivity contribution is 7.99. The standard InChI is InChI=1S/C16H22N2O2S/c1-3-15(19)18-12-21-11-14(18)16(20)17(2)10-9-13-7-5-4-6-8-13/h4-8,14H,3,9-12H2,1-2H3/t14-/m1/s1. The van der Waals surface area contributed by atoms with Crippen molar-refractivity contribution in [3.8, 4) is 0 Å². The third-order valence-corrected chi connectivity index (χ3v) is 4.76. The maximum Gasteiger partial charge on any atom is 0.246 e. The van der Waals surface area contributed by atoms with Gasteiger partial charge in [-0.15, -0.1) is 11.8 Å². The Labute approximate surface area is 130 Å². The Morgan fingerprint density at radius 2 is 2.05 bits per heavy atom. The number of hydrogen-bond acceptors (Lipinski definition) is 3. The predicted molar refractivity (Wildman–Crippen MR) is 86.0 cm³/mol. The molecule has 1 aliphatic heterocycles. The molecule has 114 valence electrons. The minimum atomic E-state index is -0.289. The normalized spacial score (nSPS) is 17.8. The minimum Gasteiger partial charge on any atom is -0.344 e. The van der Waals surface area contributed by atoms with Gasteiger partial charge in [0.1, 0.15) is 6.04 Å². The van der Waals surface area contributed by atoms with Crippen LogP contribution >= 0.6 is 11.8 Å². The van der Waals surface area contributed by atoms with Crippen LogP contribution in [0.15, 0.2) is 30.3 Å². The van der Waals surface area contributed by atoms with E-state index in [0.29, 0.717) is 24.6 Å². The van der Waals surface area contributed by atoms with Crippen molar-refractivity contribution in [2.75, 3.05) is 25.2 Å². The van der Waals surface area contributed by atoms with E-state index in [1.54, 1.807) is 21.6 Å². The first-order valence-electron chi connectivity index (χ1n) is 7.29. The zero-order valence-electron chi connectivity index (χ0n) is 12.6. The summed E-state index contributed by atoms with van der Waals surface area (Å²) in [5, 5.41) is 0. The molecule has 21 heavy (non-hydrogen) atoms. The fraction of sp³-hybridized carbons (Fsp3) is 0.500. The molecular weight excluding hydrogens is 284 g/mol. The number of likely N-dealkylation sites (N-methyl/N-ethyl adjacent to an activating group) is 1. The Morgan fingerprint density at radius 3 is 2.71 bits per heavy atom. The first-order chi connectivity index (χ1) is 10.1. The van der Waals surface area contributed by atoms with Crippen LogP contribution in [0.5, 0.6) is 0 Å². The topological polar surface area (TPSA) is 40.6 Å². The quantitative estimate of drug-likeness (QED) is 0.835. The zero-order chi connectivity index (χ0) is 15.2. The minimum absolute atomic E-state index is 0.0535. The van der Waals surface area contributed by atoms with Crippen molar-refractivity contribution in [2.45, 2.75) is 25.8 Å². The fourth-order valence-electron chi connectivity index (χ4n) is 2.40. The number of carbonyl (C=O) groups is 2. The highest BCUT2D eigenvalue weighted by Gasteiger charge is 2.35. The van der Waals surface area contributed by atoms with E-state index in [9.17, 15) is 9.59 Å². The average molecular weight is 306 g/mol. The molecule has 0 N–H and O–H groups in total. The molecule has 2 amide bonds. The number of rotatable bonds is 5. The van der Waals surface area contributed by atoms with Gasteiger partial charge >= 0.3 is 0 Å². The second kappa shape index (κ2) is 7.50. The number of hydrogen-bond donors (Lipinski definition) is 0. The van der Waals surface area contributed by atoms with Crippen LogP contribution in [0, 0.1) is 0 Å². The van der Waals surface area contributed by atoms with Crippen molar-refractivity contribution in [2.24, 2.45) is 0 Å². The summed E-state index contributed by atoms with van der Waals surface area (Å²) in [6, 6.07) is 9.84. The van der Waals surface area contributed by atoms with Crippen LogP contribution in [0.2, 0.25) is 0 Å². The van der Waals surface area contributed by atoms with Crippen LogP contribution in [0.3, 0.4) is 0 Å². The summed E-state index contributed by atoms with van der Waals surface area (Å²) in [5.74, 6) is 1.46. The third kappa shape index (κ3) is 4.00. The SMILES string of the molecule is CCC(=O)N1CSC[C@@H]1C(=O)N(C)CCc1ccccc1. The van der Waals surface area contributed by atoms with Gasteiger partial charge < -0.3 is 9.80 Å². The van der Waals surface area contributed by atoms with Crippen LogP contribution in [0.25, 0.3) is 0 Å². The van der Waals surface area contributed by atoms with Gasteiger partial charge in [-0.05, 0) is 12.0 Å². The molecule has 4 nitrogen and oxygen atoms in total. The Morgan fingerprint density at radius 1 is 1.33 bits per heavy atom. The lowest BCUT2D eigenvalue weighted by atomic mass is 10.1. The molecule has 0 bridgehead atoms. The number of nitrogens with zero attached hydrogens (tertiary/aromatic N) is 2. The molecule has 1 aliphatic rings. The Kier molecular flexibility index (Phi) is 5.67. The maximum atomic E-state index is 12.5. The fourth-order valence-corrected chi connectivity index (χ4v) is 3.57. The van der Waals surface area contributed by atoms with E-state index >= 15 is 0 Å². The molecule has 0 aromatic heterocycles. The van der Waals surface area contributed by atoms with E-state index in [2.05, 4.69) is 12.1 Å². The van der Waals surface area contributed by atoms with Crippen LogP contribution in [-0.4, -0.2) is 52.9 Å². The second-order valence-corrected chi connectivity index (χ2v) is 6.23. The van der Waals surface area contributed by atoms with E-state index in [0.717, 1.165) is 6.42 Å². The number of thioether (sulfide) groups is 1. The van der Waals surface area contributed by atoms with Crippen LogP contribution in [0.4, 0.5) is 0 Å². The summed E-state index contributed by atoms with van der Waals surface area (Å²) >= 11 is 1.65. The van der Waals surface area contributed by atoms with Gasteiger partial charge in [-0.2, -0.15) is 0 Å². The van der Waals surface area contributed by atoms with Gasteiger partial charge in [-0.1, -0.05) is 37.3 Å². The number of benzene rings is 1. The summed E-state index contributed by atoms with van der Waals surface area (Å²) in [6.45, 7) is 2.52. The summed E-state index contributed by atoms with van der Waals surface area (Å²) < 4.78 is 0. The van der Waals surface area contributed by atoms with Crippen LogP contribution in [-0.2, 0) is 16.0 Å². The van der Waals surface area contributed by atoms with Crippen molar-refractivity contribution in [3.63, 3.8) is 0 Å². The summed E-state index contributed by atoms with van der Waals surface area (Å²) in [4.78, 5) is 27.9. The molecule has 0 aliphatic carbocycles. The highest BCUT2D eigenvalue weighted by atomic mass is 32.2. The van der Waals surface area contributed by atoms with Gasteiger partial charge in [0.15, 0.2) is 0 Å². The monoisotopic (exact) mass is 306 g/mol. The van der Waals surface area contributed by atoms with Gasteiger partial charge in [0.25, 0.3) is 0 Å². The largest absolute Gasteiger partial charge is 0.344 e. The molecule has 1 heterocycles. The van der Waals surface area contributed by atoms with Crippen LogP contribution < -0.4 is 0 Å².